The van der Waals surface area contributed by atoms with Crippen LogP contribution in [0.2, 0.25) is 0 Å². The lowest BCUT2D eigenvalue weighted by Gasteiger charge is -2.37. The minimum absolute atomic E-state index is 0.0713. The molecule has 1 heterocycles. The maximum absolute atomic E-state index is 11.6. The molecule has 0 aromatic heterocycles. The molecule has 0 aromatic rings. The van der Waals surface area contributed by atoms with E-state index >= 15 is 0 Å². The van der Waals surface area contributed by atoms with Crippen molar-refractivity contribution in [3.05, 3.63) is 35.4 Å². The Morgan fingerprint density at radius 2 is 1.87 bits per heavy atom. The van der Waals surface area contributed by atoms with Crippen LogP contribution in [0, 0.1) is 5.41 Å². The van der Waals surface area contributed by atoms with Gasteiger partial charge in [-0.05, 0) is 50.0 Å². The van der Waals surface area contributed by atoms with E-state index in [1.807, 2.05) is 25.3 Å². The summed E-state index contributed by atoms with van der Waals surface area (Å²) in [6.07, 6.45) is 9.36. The topological polar surface area (TPSA) is 115 Å². The van der Waals surface area contributed by atoms with Gasteiger partial charge in [-0.3, -0.25) is 4.79 Å². The molecule has 0 bridgehead atoms. The Bertz CT molecular complexity index is 702. The van der Waals surface area contributed by atoms with Crippen LogP contribution in [-0.2, 0) is 9.53 Å². The Kier molecular flexibility index (Phi) is 8.92. The summed E-state index contributed by atoms with van der Waals surface area (Å²) in [5.41, 5.74) is 7.10. The van der Waals surface area contributed by atoms with Crippen molar-refractivity contribution >= 4 is 11.6 Å². The molecule has 0 aromatic carbocycles. The van der Waals surface area contributed by atoms with Crippen molar-refractivity contribution < 1.29 is 14.6 Å². The van der Waals surface area contributed by atoms with E-state index in [0.29, 0.717) is 38.3 Å². The summed E-state index contributed by atoms with van der Waals surface area (Å²) in [4.78, 5) is 15.4. The van der Waals surface area contributed by atoms with Gasteiger partial charge < -0.3 is 36.1 Å². The van der Waals surface area contributed by atoms with Crippen LogP contribution < -0.4 is 11.1 Å². The van der Waals surface area contributed by atoms with Gasteiger partial charge in [-0.15, -0.1) is 0 Å². The minimum Gasteiger partial charge on any atom is -0.488 e. The first-order valence-electron chi connectivity index (χ1n) is 10.7. The highest BCUT2D eigenvalue weighted by atomic mass is 16.5. The Morgan fingerprint density at radius 3 is 2.37 bits per heavy atom. The van der Waals surface area contributed by atoms with Gasteiger partial charge in [0.15, 0.2) is 0 Å². The first-order chi connectivity index (χ1) is 14.4. The number of amides is 1. The molecule has 168 valence electrons. The van der Waals surface area contributed by atoms with E-state index in [1.165, 1.54) is 0 Å². The number of piperazine rings is 1. The second kappa shape index (κ2) is 11.2. The summed E-state index contributed by atoms with van der Waals surface area (Å²) in [5, 5.41) is 20.7. The van der Waals surface area contributed by atoms with Gasteiger partial charge in [0, 0.05) is 51.9 Å². The van der Waals surface area contributed by atoms with Gasteiger partial charge in [-0.2, -0.15) is 0 Å². The van der Waals surface area contributed by atoms with Gasteiger partial charge in [0.05, 0.1) is 5.82 Å². The number of aliphatic hydroxyl groups excluding tert-OH is 1. The maximum Gasteiger partial charge on any atom is 0.248 e. The third kappa shape index (κ3) is 6.88. The van der Waals surface area contributed by atoms with Crippen LogP contribution in [0.5, 0.6) is 0 Å². The Balaban J connectivity index is 2.00. The molecule has 0 radical (unpaired) electrons. The lowest BCUT2D eigenvalue weighted by atomic mass is 10.1. The number of nitrogens with zero attached hydrogens (tertiary/aromatic N) is 2. The number of allylic oxidation sites excluding steroid dienone is 3. The third-order valence-electron chi connectivity index (χ3n) is 5.51. The largest absolute Gasteiger partial charge is 0.488 e. The van der Waals surface area contributed by atoms with E-state index in [0.717, 1.165) is 36.4 Å². The first-order valence-corrected chi connectivity index (χ1v) is 10.7. The molecule has 2 rings (SSSR count). The lowest BCUT2D eigenvalue weighted by molar-refractivity contribution is -0.135. The quantitative estimate of drug-likeness (QED) is 0.228. The number of ether oxygens (including phenoxy) is 1. The number of carbonyl (C=O) groups is 1. The van der Waals surface area contributed by atoms with Gasteiger partial charge in [-0.1, -0.05) is 6.92 Å². The molecule has 30 heavy (non-hydrogen) atoms. The van der Waals surface area contributed by atoms with E-state index < -0.39 is 6.61 Å². The van der Waals surface area contributed by atoms with Gasteiger partial charge in [-0.25, -0.2) is 0 Å². The van der Waals surface area contributed by atoms with Crippen molar-refractivity contribution in [1.29, 1.82) is 5.41 Å². The van der Waals surface area contributed by atoms with Crippen molar-refractivity contribution in [2.45, 2.75) is 45.1 Å². The van der Waals surface area contributed by atoms with Gasteiger partial charge in [0.2, 0.25) is 5.91 Å². The fraction of sp³-hybridized carbons (Fsp3) is 0.636. The van der Waals surface area contributed by atoms with E-state index in [4.69, 9.17) is 21.0 Å². The van der Waals surface area contributed by atoms with Crippen molar-refractivity contribution in [2.24, 2.45) is 5.73 Å². The highest BCUT2D eigenvalue weighted by Crippen LogP contribution is 2.40. The van der Waals surface area contributed by atoms with Crippen LogP contribution >= 0.6 is 0 Å². The average molecular weight is 420 g/mol. The Morgan fingerprint density at radius 1 is 1.23 bits per heavy atom. The Hall–Kier alpha value is -2.32. The number of aliphatic hydroxyl groups is 1. The molecule has 0 spiro atoms. The van der Waals surface area contributed by atoms with Crippen molar-refractivity contribution in [3.8, 4) is 0 Å². The minimum atomic E-state index is -0.447. The van der Waals surface area contributed by atoms with E-state index in [9.17, 15) is 4.79 Å². The molecule has 1 saturated carbocycles. The third-order valence-corrected chi connectivity index (χ3v) is 5.51. The van der Waals surface area contributed by atoms with Crippen LogP contribution in [0.4, 0.5) is 0 Å². The summed E-state index contributed by atoms with van der Waals surface area (Å²) in [5.74, 6) is 1.49. The second-order valence-corrected chi connectivity index (χ2v) is 7.99. The van der Waals surface area contributed by atoms with Crippen LogP contribution in [0.25, 0.3) is 0 Å². The molecule has 1 saturated heterocycles. The monoisotopic (exact) mass is 419 g/mol. The van der Waals surface area contributed by atoms with Crippen molar-refractivity contribution in [1.82, 2.24) is 15.1 Å². The number of hydrogen-bond donors (Lipinski definition) is 4. The fourth-order valence-electron chi connectivity index (χ4n) is 3.35. The predicted octanol–water partition coefficient (Wildman–Crippen LogP) is 1.34. The zero-order valence-electron chi connectivity index (χ0n) is 18.5. The molecule has 2 fully saturated rings. The lowest BCUT2D eigenvalue weighted by Crippen LogP contribution is -2.50. The number of rotatable bonds is 11. The average Bonchev–Trinajstić information content (AvgIpc) is 3.48. The maximum atomic E-state index is 11.6. The molecule has 1 aliphatic carbocycles. The molecule has 0 atom stereocenters. The summed E-state index contributed by atoms with van der Waals surface area (Å²) >= 11 is 0. The van der Waals surface area contributed by atoms with Crippen molar-refractivity contribution in [3.63, 3.8) is 0 Å². The van der Waals surface area contributed by atoms with Gasteiger partial charge in [0.1, 0.15) is 18.0 Å². The summed E-state index contributed by atoms with van der Waals surface area (Å²) in [7, 11) is 1.85. The molecule has 2 aliphatic rings. The SMILES string of the molecule is CC/C=C(\C=C(/CN)C(=N)C/C=C(\NC)N1CCN(C(=O)CO)CC1)OC1(C)CC1. The number of nitrogens with one attached hydrogen (secondary N) is 2. The standard InChI is InChI=1S/C22H37N5O3/c1-4-5-18(30-22(2)8-9-22)14-17(15-23)19(24)6-7-20(25-3)26-10-12-27(13-11-26)21(29)16-28/h5,7,14,24-25,28H,4,6,8-13,15-16,23H2,1-3H3/b17-14+,18-5+,20-7+,24-19?. The molecule has 8 nitrogen and oxygen atoms in total. The van der Waals surface area contributed by atoms with Gasteiger partial charge >= 0.3 is 0 Å². The number of hydrogen-bond acceptors (Lipinski definition) is 7. The molecule has 5 N–H and O–H groups in total. The van der Waals surface area contributed by atoms with E-state index in [-0.39, 0.29) is 18.1 Å². The van der Waals surface area contributed by atoms with Crippen molar-refractivity contribution in [2.75, 3.05) is 46.4 Å². The zero-order valence-corrected chi connectivity index (χ0v) is 18.5. The van der Waals surface area contributed by atoms with Crippen LogP contribution in [0.3, 0.4) is 0 Å². The highest BCUT2D eigenvalue weighted by molar-refractivity contribution is 5.99. The molecular weight excluding hydrogens is 382 g/mol. The van der Waals surface area contributed by atoms with Gasteiger partial charge in [0.25, 0.3) is 0 Å². The van der Waals surface area contributed by atoms with Crippen LogP contribution in [0.15, 0.2) is 35.4 Å². The summed E-state index contributed by atoms with van der Waals surface area (Å²) < 4.78 is 6.10. The first kappa shape index (κ1) is 24.0. The molecule has 8 heteroatoms. The zero-order chi connectivity index (χ0) is 22.1. The molecular formula is C22H37N5O3. The normalized spacial score (nSPS) is 19.6. The fourth-order valence-corrected chi connectivity index (χ4v) is 3.35. The smallest absolute Gasteiger partial charge is 0.248 e. The second-order valence-electron chi connectivity index (χ2n) is 7.99. The Labute approximate surface area is 179 Å². The number of carbonyl (C=O) groups excluding carboxylic acids is 1. The molecule has 1 aliphatic heterocycles. The predicted molar refractivity (Wildman–Crippen MR) is 119 cm³/mol. The molecule has 0 unspecified atom stereocenters. The van der Waals surface area contributed by atoms with Crippen LogP contribution in [0.1, 0.15) is 39.5 Å². The molecule has 1 amide bonds. The number of nitrogens with two attached hydrogens (primary N) is 1. The summed E-state index contributed by atoms with van der Waals surface area (Å²) in [6.45, 7) is 6.52. The summed E-state index contributed by atoms with van der Waals surface area (Å²) in [6, 6.07) is 0. The highest BCUT2D eigenvalue weighted by Gasteiger charge is 2.40. The van der Waals surface area contributed by atoms with E-state index in [2.05, 4.69) is 24.1 Å². The van der Waals surface area contributed by atoms with E-state index in [1.54, 1.807) is 4.90 Å². The van der Waals surface area contributed by atoms with Crippen LogP contribution in [-0.4, -0.2) is 78.5 Å².